The van der Waals surface area contributed by atoms with Crippen LogP contribution in [0.3, 0.4) is 0 Å². The van der Waals surface area contributed by atoms with E-state index in [1.807, 2.05) is 41.9 Å². The Hall–Kier alpha value is -4.59. The molecular weight excluding hydrogens is 445 g/mol. The third kappa shape index (κ3) is 4.86. The summed E-state index contributed by atoms with van der Waals surface area (Å²) < 4.78 is 22.4. The standard InChI is InChI=1S/C27H22FN5O2/c1-17(34)12-20-14-22(9-11-30-20)35-21-6-8-26-25(15-21)32-27(33(26)2)31-24-13-18(5-7-23(24)28)19-4-3-10-29-16-19/h3-11,13-16H,12H2,1-2H3,(H,31,32). The molecule has 1 N–H and O–H groups in total. The Kier molecular flexibility index (Phi) is 5.93. The fourth-order valence-electron chi connectivity index (χ4n) is 3.82. The zero-order valence-corrected chi connectivity index (χ0v) is 19.2. The molecule has 0 atom stereocenters. The third-order valence-corrected chi connectivity index (χ3v) is 5.51. The zero-order chi connectivity index (χ0) is 24.4. The molecule has 0 amide bonds. The molecule has 5 aromatic rings. The van der Waals surface area contributed by atoms with Crippen LogP contribution in [-0.4, -0.2) is 25.3 Å². The second-order valence-corrected chi connectivity index (χ2v) is 8.17. The van der Waals surface area contributed by atoms with E-state index in [2.05, 4.69) is 20.3 Å². The summed E-state index contributed by atoms with van der Waals surface area (Å²) in [5, 5.41) is 3.11. The van der Waals surface area contributed by atoms with Crippen LogP contribution < -0.4 is 10.1 Å². The van der Waals surface area contributed by atoms with Gasteiger partial charge in [0.25, 0.3) is 0 Å². The fraction of sp³-hybridized carbons (Fsp3) is 0.111. The van der Waals surface area contributed by atoms with Gasteiger partial charge in [-0.15, -0.1) is 0 Å². The Morgan fingerprint density at radius 3 is 2.69 bits per heavy atom. The molecule has 8 heteroatoms. The van der Waals surface area contributed by atoms with Gasteiger partial charge >= 0.3 is 0 Å². The van der Waals surface area contributed by atoms with Crippen LogP contribution in [0.5, 0.6) is 11.5 Å². The van der Waals surface area contributed by atoms with Crippen LogP contribution in [0.25, 0.3) is 22.2 Å². The van der Waals surface area contributed by atoms with Gasteiger partial charge in [-0.1, -0.05) is 12.1 Å². The Morgan fingerprint density at radius 2 is 1.89 bits per heavy atom. The minimum absolute atomic E-state index is 0.0343. The summed E-state index contributed by atoms with van der Waals surface area (Å²) >= 11 is 0. The number of ketones is 1. The maximum Gasteiger partial charge on any atom is 0.208 e. The Morgan fingerprint density at radius 1 is 1.03 bits per heavy atom. The van der Waals surface area contributed by atoms with E-state index in [9.17, 15) is 9.18 Å². The highest BCUT2D eigenvalue weighted by atomic mass is 19.1. The zero-order valence-electron chi connectivity index (χ0n) is 19.2. The lowest BCUT2D eigenvalue weighted by atomic mass is 10.1. The number of benzene rings is 2. The highest BCUT2D eigenvalue weighted by Crippen LogP contribution is 2.30. The van der Waals surface area contributed by atoms with Crippen LogP contribution in [0.15, 0.2) is 79.3 Å². The number of aryl methyl sites for hydroxylation is 1. The van der Waals surface area contributed by atoms with E-state index in [1.54, 1.807) is 42.9 Å². The van der Waals surface area contributed by atoms with Crippen molar-refractivity contribution in [1.82, 2.24) is 19.5 Å². The Balaban J connectivity index is 1.41. The molecule has 0 aliphatic heterocycles. The number of hydrogen-bond donors (Lipinski definition) is 1. The molecule has 0 spiro atoms. The first-order valence-electron chi connectivity index (χ1n) is 11.0. The molecule has 0 saturated carbocycles. The lowest BCUT2D eigenvalue weighted by Crippen LogP contribution is -2.01. The molecule has 7 nitrogen and oxygen atoms in total. The summed E-state index contributed by atoms with van der Waals surface area (Å²) in [6.45, 7) is 1.52. The number of ether oxygens (including phenoxy) is 1. The molecule has 0 bridgehead atoms. The smallest absolute Gasteiger partial charge is 0.208 e. The minimum Gasteiger partial charge on any atom is -0.457 e. The van der Waals surface area contributed by atoms with E-state index >= 15 is 0 Å². The maximum atomic E-state index is 14.6. The molecule has 3 aromatic heterocycles. The van der Waals surface area contributed by atoms with E-state index < -0.39 is 0 Å². The summed E-state index contributed by atoms with van der Waals surface area (Å²) in [7, 11) is 1.86. The topological polar surface area (TPSA) is 81.9 Å². The van der Waals surface area contributed by atoms with Crippen molar-refractivity contribution in [3.05, 3.63) is 90.8 Å². The van der Waals surface area contributed by atoms with E-state index in [-0.39, 0.29) is 18.0 Å². The Labute approximate surface area is 201 Å². The fourth-order valence-corrected chi connectivity index (χ4v) is 3.82. The number of pyridine rings is 2. The predicted octanol–water partition coefficient (Wildman–Crippen LogP) is 5.84. The van der Waals surface area contributed by atoms with Crippen molar-refractivity contribution in [2.75, 3.05) is 5.32 Å². The second kappa shape index (κ2) is 9.34. The number of aromatic nitrogens is 4. The van der Waals surface area contributed by atoms with Crippen molar-refractivity contribution in [3.8, 4) is 22.6 Å². The van der Waals surface area contributed by atoms with Gasteiger partial charge in [-0.2, -0.15) is 0 Å². The molecule has 174 valence electrons. The number of nitrogens with one attached hydrogen (secondary N) is 1. The van der Waals surface area contributed by atoms with Crippen LogP contribution in [0.4, 0.5) is 16.0 Å². The average Bonchev–Trinajstić information content (AvgIpc) is 3.15. The molecule has 5 rings (SSSR count). The highest BCUT2D eigenvalue weighted by Gasteiger charge is 2.13. The van der Waals surface area contributed by atoms with Crippen LogP contribution in [0.1, 0.15) is 12.6 Å². The van der Waals surface area contributed by atoms with Crippen molar-refractivity contribution >= 4 is 28.5 Å². The number of hydrogen-bond acceptors (Lipinski definition) is 6. The van der Waals surface area contributed by atoms with Gasteiger partial charge < -0.3 is 14.6 Å². The second-order valence-electron chi connectivity index (χ2n) is 8.17. The van der Waals surface area contributed by atoms with Crippen LogP contribution in [0.2, 0.25) is 0 Å². The predicted molar refractivity (Wildman–Crippen MR) is 132 cm³/mol. The summed E-state index contributed by atoms with van der Waals surface area (Å²) in [5.41, 5.74) is 4.25. The number of fused-ring (bicyclic) bond motifs is 1. The molecule has 0 radical (unpaired) electrons. The summed E-state index contributed by atoms with van der Waals surface area (Å²) in [6.07, 6.45) is 5.30. The lowest BCUT2D eigenvalue weighted by molar-refractivity contribution is -0.116. The monoisotopic (exact) mass is 467 g/mol. The van der Waals surface area contributed by atoms with Crippen molar-refractivity contribution in [2.24, 2.45) is 7.05 Å². The molecule has 0 aliphatic rings. The first-order chi connectivity index (χ1) is 17.0. The normalized spacial score (nSPS) is 10.9. The van der Waals surface area contributed by atoms with Gasteiger partial charge in [0, 0.05) is 49.8 Å². The molecule has 0 saturated heterocycles. The number of imidazole rings is 1. The third-order valence-electron chi connectivity index (χ3n) is 5.51. The van der Waals surface area contributed by atoms with E-state index in [0.29, 0.717) is 34.3 Å². The van der Waals surface area contributed by atoms with Crippen LogP contribution >= 0.6 is 0 Å². The Bertz CT molecular complexity index is 1530. The lowest BCUT2D eigenvalue weighted by Gasteiger charge is -2.10. The maximum absolute atomic E-state index is 14.6. The van der Waals surface area contributed by atoms with Gasteiger partial charge in [-0.3, -0.25) is 14.8 Å². The van der Waals surface area contributed by atoms with Gasteiger partial charge in [-0.25, -0.2) is 9.37 Å². The number of rotatable bonds is 7. The number of Topliss-reactive ketones (excluding diaryl/α,β-unsaturated/α-hetero) is 1. The van der Waals surface area contributed by atoms with Gasteiger partial charge in [0.2, 0.25) is 5.95 Å². The van der Waals surface area contributed by atoms with Crippen molar-refractivity contribution in [3.63, 3.8) is 0 Å². The number of carbonyl (C=O) groups excluding carboxylic acids is 1. The number of halogens is 1. The van der Waals surface area contributed by atoms with Gasteiger partial charge in [-0.05, 0) is 48.9 Å². The number of carbonyl (C=O) groups is 1. The number of nitrogens with zero attached hydrogens (tertiary/aromatic N) is 4. The first kappa shape index (κ1) is 22.2. The highest BCUT2D eigenvalue weighted by molar-refractivity contribution is 5.82. The van der Waals surface area contributed by atoms with Crippen molar-refractivity contribution in [2.45, 2.75) is 13.3 Å². The first-order valence-corrected chi connectivity index (χ1v) is 11.0. The number of anilines is 2. The quantitative estimate of drug-likeness (QED) is 0.324. The molecule has 0 fully saturated rings. The minimum atomic E-state index is -0.382. The molecule has 3 heterocycles. The average molecular weight is 468 g/mol. The van der Waals surface area contributed by atoms with Crippen molar-refractivity contribution < 1.29 is 13.9 Å². The van der Waals surface area contributed by atoms with E-state index in [4.69, 9.17) is 4.74 Å². The largest absolute Gasteiger partial charge is 0.457 e. The van der Waals surface area contributed by atoms with E-state index in [1.165, 1.54) is 13.0 Å². The molecule has 2 aromatic carbocycles. The van der Waals surface area contributed by atoms with Gasteiger partial charge in [0.1, 0.15) is 23.1 Å². The van der Waals surface area contributed by atoms with Crippen LogP contribution in [-0.2, 0) is 18.3 Å². The summed E-state index contributed by atoms with van der Waals surface area (Å²) in [5.74, 6) is 1.32. The van der Waals surface area contributed by atoms with E-state index in [0.717, 1.165) is 16.6 Å². The van der Waals surface area contributed by atoms with Crippen LogP contribution in [0, 0.1) is 5.82 Å². The van der Waals surface area contributed by atoms with Gasteiger partial charge in [0.15, 0.2) is 0 Å². The molecular formula is C27H22FN5O2. The van der Waals surface area contributed by atoms with Gasteiger partial charge in [0.05, 0.1) is 22.4 Å². The molecule has 0 unspecified atom stereocenters. The SMILES string of the molecule is CC(=O)Cc1cc(Oc2ccc3c(c2)nc(Nc2cc(-c4cccnc4)ccc2F)n3C)ccn1. The molecule has 0 aliphatic carbocycles. The summed E-state index contributed by atoms with van der Waals surface area (Å²) in [4.78, 5) is 24.4. The molecule has 35 heavy (non-hydrogen) atoms. The van der Waals surface area contributed by atoms with Crippen molar-refractivity contribution in [1.29, 1.82) is 0 Å². The summed E-state index contributed by atoms with van der Waals surface area (Å²) in [6, 6.07) is 17.7.